The summed E-state index contributed by atoms with van der Waals surface area (Å²) in [4.78, 5) is 34.9. The minimum Gasteiger partial charge on any atom is -0.456 e. The van der Waals surface area contributed by atoms with Gasteiger partial charge in [0.2, 0.25) is 5.91 Å². The zero-order valence-corrected chi connectivity index (χ0v) is 11.0. The third-order valence-electron chi connectivity index (χ3n) is 3.61. The van der Waals surface area contributed by atoms with Crippen molar-refractivity contribution < 1.29 is 19.2 Å². The summed E-state index contributed by atoms with van der Waals surface area (Å²) in [5.41, 5.74) is 0.940. The van der Waals surface area contributed by atoms with Crippen molar-refractivity contribution in [2.24, 2.45) is 0 Å². The number of carbonyl (C=O) groups excluding carboxylic acids is 2. The summed E-state index contributed by atoms with van der Waals surface area (Å²) in [5.74, 6) is -0.597. The largest absolute Gasteiger partial charge is 0.456 e. The molecule has 108 valence electrons. The van der Waals surface area contributed by atoms with Crippen LogP contribution >= 0.6 is 0 Å². The summed E-state index contributed by atoms with van der Waals surface area (Å²) in [7, 11) is 0. The molecule has 0 radical (unpaired) electrons. The number of hydrogen-bond donors (Lipinski definition) is 0. The van der Waals surface area contributed by atoms with Gasteiger partial charge in [0.15, 0.2) is 0 Å². The Morgan fingerprint density at radius 2 is 2.10 bits per heavy atom. The number of esters is 1. The van der Waals surface area contributed by atoms with Gasteiger partial charge in [-0.25, -0.2) is 4.79 Å². The van der Waals surface area contributed by atoms with Gasteiger partial charge in [0.05, 0.1) is 4.92 Å². The normalized spacial score (nSPS) is 19.6. The Morgan fingerprint density at radius 3 is 2.71 bits per heavy atom. The van der Waals surface area contributed by atoms with Crippen LogP contribution in [0.4, 0.5) is 5.69 Å². The number of benzene rings is 1. The first-order valence-electron chi connectivity index (χ1n) is 6.49. The third kappa shape index (κ3) is 2.37. The van der Waals surface area contributed by atoms with E-state index < -0.39 is 10.9 Å². The molecule has 0 unspecified atom stereocenters. The van der Waals surface area contributed by atoms with E-state index in [1.807, 2.05) is 0 Å². The Balaban J connectivity index is 1.59. The van der Waals surface area contributed by atoms with E-state index in [0.29, 0.717) is 24.1 Å². The molecule has 1 saturated heterocycles. The number of nitro benzene ring substituents is 1. The number of carbonyl (C=O) groups is 2. The van der Waals surface area contributed by atoms with Gasteiger partial charge in [-0.3, -0.25) is 14.9 Å². The number of amides is 1. The standard InChI is InChI=1S/C14H12N2O5/c17-13-7-11-5-6-12(15(11)13)14(18)21-8-9-1-3-10(4-2-9)16(19)20/h1-4,6,11H,5,7-8H2/t11-/m1/s1. The zero-order valence-electron chi connectivity index (χ0n) is 11.0. The van der Waals surface area contributed by atoms with Gasteiger partial charge in [0, 0.05) is 24.6 Å². The third-order valence-corrected chi connectivity index (χ3v) is 3.61. The predicted octanol–water partition coefficient (Wildman–Crippen LogP) is 1.53. The van der Waals surface area contributed by atoms with Gasteiger partial charge in [-0.2, -0.15) is 0 Å². The van der Waals surface area contributed by atoms with Crippen molar-refractivity contribution in [1.82, 2.24) is 4.90 Å². The first kappa shape index (κ1) is 13.3. The zero-order chi connectivity index (χ0) is 15.0. The van der Waals surface area contributed by atoms with Gasteiger partial charge in [0.1, 0.15) is 12.3 Å². The number of ether oxygens (including phenoxy) is 1. The molecule has 7 heteroatoms. The van der Waals surface area contributed by atoms with Crippen LogP contribution in [0.25, 0.3) is 0 Å². The maximum Gasteiger partial charge on any atom is 0.355 e. The maximum atomic E-state index is 11.9. The highest BCUT2D eigenvalue weighted by Crippen LogP contribution is 2.34. The number of rotatable bonds is 4. The fraction of sp³-hybridized carbons (Fsp3) is 0.286. The van der Waals surface area contributed by atoms with E-state index in [1.54, 1.807) is 6.08 Å². The van der Waals surface area contributed by atoms with E-state index in [-0.39, 0.29) is 24.2 Å². The smallest absolute Gasteiger partial charge is 0.355 e. The van der Waals surface area contributed by atoms with Gasteiger partial charge >= 0.3 is 5.97 Å². The Morgan fingerprint density at radius 1 is 1.38 bits per heavy atom. The van der Waals surface area contributed by atoms with Crippen molar-refractivity contribution >= 4 is 17.6 Å². The fourth-order valence-corrected chi connectivity index (χ4v) is 2.47. The molecule has 1 fully saturated rings. The lowest BCUT2D eigenvalue weighted by Crippen LogP contribution is -2.49. The number of β-lactam (4-membered cyclic amide) rings is 1. The number of fused-ring (bicyclic) bond motifs is 1. The topological polar surface area (TPSA) is 89.7 Å². The van der Waals surface area contributed by atoms with Gasteiger partial charge in [0.25, 0.3) is 5.69 Å². The lowest BCUT2D eigenvalue weighted by atomic mass is 10.0. The molecule has 2 aliphatic heterocycles. The van der Waals surface area contributed by atoms with Crippen LogP contribution in [-0.2, 0) is 20.9 Å². The number of non-ortho nitro benzene ring substituents is 1. The average molecular weight is 288 g/mol. The molecule has 0 spiro atoms. The van der Waals surface area contributed by atoms with Gasteiger partial charge in [-0.05, 0) is 24.1 Å². The molecule has 0 aromatic heterocycles. The van der Waals surface area contributed by atoms with Crippen molar-refractivity contribution in [3.8, 4) is 0 Å². The first-order chi connectivity index (χ1) is 10.1. The van der Waals surface area contributed by atoms with E-state index in [0.717, 1.165) is 0 Å². The van der Waals surface area contributed by atoms with Crippen molar-refractivity contribution in [2.45, 2.75) is 25.5 Å². The summed E-state index contributed by atoms with van der Waals surface area (Å²) in [6.07, 6.45) is 2.89. The van der Waals surface area contributed by atoms with Crippen molar-refractivity contribution in [2.75, 3.05) is 0 Å². The lowest BCUT2D eigenvalue weighted by molar-refractivity contribution is -0.384. The molecular formula is C14H12N2O5. The fourth-order valence-electron chi connectivity index (χ4n) is 2.47. The van der Waals surface area contributed by atoms with Crippen LogP contribution in [0, 0.1) is 10.1 Å². The molecule has 2 aliphatic rings. The highest BCUT2D eigenvalue weighted by atomic mass is 16.6. The second-order valence-electron chi connectivity index (χ2n) is 4.95. The summed E-state index contributed by atoms with van der Waals surface area (Å²) < 4.78 is 5.14. The number of nitrogens with zero attached hydrogens (tertiary/aromatic N) is 2. The van der Waals surface area contributed by atoms with Crippen LogP contribution in [0.1, 0.15) is 18.4 Å². The quantitative estimate of drug-likeness (QED) is 0.363. The van der Waals surface area contributed by atoms with E-state index >= 15 is 0 Å². The summed E-state index contributed by atoms with van der Waals surface area (Å²) in [6.45, 7) is 0.0147. The van der Waals surface area contributed by atoms with E-state index in [2.05, 4.69) is 0 Å². The maximum absolute atomic E-state index is 11.9. The van der Waals surface area contributed by atoms with Gasteiger partial charge < -0.3 is 9.64 Å². The van der Waals surface area contributed by atoms with Crippen molar-refractivity contribution in [1.29, 1.82) is 0 Å². The van der Waals surface area contributed by atoms with Gasteiger partial charge in [-0.15, -0.1) is 0 Å². The average Bonchev–Trinajstić information content (AvgIpc) is 2.82. The summed E-state index contributed by atoms with van der Waals surface area (Å²) >= 11 is 0. The van der Waals surface area contributed by atoms with Crippen LogP contribution in [0.3, 0.4) is 0 Å². The number of hydrogen-bond acceptors (Lipinski definition) is 5. The molecule has 1 aromatic carbocycles. The SMILES string of the molecule is O=C(OCc1ccc([N+](=O)[O-])cc1)C1=CC[C@@H]2CC(=O)N12. The second-order valence-corrected chi connectivity index (χ2v) is 4.95. The molecule has 1 amide bonds. The van der Waals surface area contributed by atoms with E-state index in [4.69, 9.17) is 4.74 Å². The first-order valence-corrected chi connectivity index (χ1v) is 6.49. The van der Waals surface area contributed by atoms with Gasteiger partial charge in [-0.1, -0.05) is 6.08 Å². The Bertz CT molecular complexity index is 650. The summed E-state index contributed by atoms with van der Waals surface area (Å²) in [5, 5.41) is 10.5. The lowest BCUT2D eigenvalue weighted by Gasteiger charge is -2.35. The predicted molar refractivity (Wildman–Crippen MR) is 70.8 cm³/mol. The van der Waals surface area contributed by atoms with Crippen LogP contribution in [0.15, 0.2) is 36.0 Å². The molecule has 0 N–H and O–H groups in total. The van der Waals surface area contributed by atoms with Crippen molar-refractivity contribution in [3.63, 3.8) is 0 Å². The van der Waals surface area contributed by atoms with Crippen LogP contribution in [0.5, 0.6) is 0 Å². The Hall–Kier alpha value is -2.70. The monoisotopic (exact) mass is 288 g/mol. The van der Waals surface area contributed by atoms with Crippen LogP contribution in [-0.4, -0.2) is 27.7 Å². The molecule has 0 bridgehead atoms. The molecule has 1 aromatic rings. The molecule has 0 aliphatic carbocycles. The molecule has 0 saturated carbocycles. The van der Waals surface area contributed by atoms with Crippen LogP contribution < -0.4 is 0 Å². The van der Waals surface area contributed by atoms with E-state index in [1.165, 1.54) is 29.2 Å². The second kappa shape index (κ2) is 5.01. The molecule has 3 rings (SSSR count). The molecule has 7 nitrogen and oxygen atoms in total. The van der Waals surface area contributed by atoms with E-state index in [9.17, 15) is 19.7 Å². The molecular weight excluding hydrogens is 276 g/mol. The minimum atomic E-state index is -0.538. The van der Waals surface area contributed by atoms with Crippen LogP contribution in [0.2, 0.25) is 0 Å². The molecule has 21 heavy (non-hydrogen) atoms. The highest BCUT2D eigenvalue weighted by Gasteiger charge is 2.44. The molecule has 2 heterocycles. The Kier molecular flexibility index (Phi) is 3.17. The van der Waals surface area contributed by atoms with Crippen molar-refractivity contribution in [3.05, 3.63) is 51.7 Å². The molecule has 1 atom stereocenters. The number of nitro groups is 1. The Labute approximate surface area is 119 Å². The minimum absolute atomic E-state index is 0.0147. The summed E-state index contributed by atoms with van der Waals surface area (Å²) in [6, 6.07) is 5.89. The highest BCUT2D eigenvalue weighted by molar-refractivity contribution is 5.98.